The molecule has 2 aliphatic rings. The Balaban J connectivity index is 1.13. The molecule has 33 heavy (non-hydrogen) atoms. The molecule has 2 fully saturated rings. The molecule has 0 spiro atoms. The lowest BCUT2D eigenvalue weighted by Gasteiger charge is -2.50. The number of aromatic amines is 1. The standard InChI is InChI=1S/C28H30N4O/c33-28-29-25-13-7-8-14-26(25)32(28)23-15-17-30(18-16-23)24-19-31(20-24)27(21-9-3-1-4-10-21)22-11-5-2-6-12-22/h1-14,23-24,27H,15-20H2,(H,29,33). The normalized spacial score (nSPS) is 18.7. The lowest BCUT2D eigenvalue weighted by Crippen LogP contribution is -2.61. The van der Waals surface area contributed by atoms with Crippen LogP contribution in [-0.2, 0) is 0 Å². The number of piperidine rings is 1. The summed E-state index contributed by atoms with van der Waals surface area (Å²) in [5.74, 6) is 0. The van der Waals surface area contributed by atoms with Crippen molar-refractivity contribution >= 4 is 11.0 Å². The molecule has 0 atom stereocenters. The van der Waals surface area contributed by atoms with Crippen LogP contribution in [0.1, 0.15) is 36.1 Å². The summed E-state index contributed by atoms with van der Waals surface area (Å²) in [6.45, 7) is 4.28. The second kappa shape index (κ2) is 8.65. The molecule has 0 aliphatic carbocycles. The van der Waals surface area contributed by atoms with Crippen molar-refractivity contribution in [1.29, 1.82) is 0 Å². The van der Waals surface area contributed by atoms with Crippen LogP contribution in [0, 0.1) is 0 Å². The summed E-state index contributed by atoms with van der Waals surface area (Å²) in [7, 11) is 0. The third-order valence-electron chi connectivity index (χ3n) is 7.49. The summed E-state index contributed by atoms with van der Waals surface area (Å²) in [5, 5.41) is 0. The van der Waals surface area contributed by atoms with E-state index in [1.165, 1.54) is 11.1 Å². The van der Waals surface area contributed by atoms with E-state index >= 15 is 0 Å². The zero-order valence-electron chi connectivity index (χ0n) is 18.8. The molecule has 4 aromatic rings. The van der Waals surface area contributed by atoms with Crippen LogP contribution in [-0.4, -0.2) is 51.6 Å². The second-order valence-corrected chi connectivity index (χ2v) is 9.42. The summed E-state index contributed by atoms with van der Waals surface area (Å²) < 4.78 is 1.99. The minimum atomic E-state index is 0.0260. The Bertz CT molecular complexity index is 1230. The number of aromatic nitrogens is 2. The summed E-state index contributed by atoms with van der Waals surface area (Å²) >= 11 is 0. The van der Waals surface area contributed by atoms with Crippen molar-refractivity contribution in [2.24, 2.45) is 0 Å². The fraction of sp³-hybridized carbons (Fsp3) is 0.321. The quantitative estimate of drug-likeness (QED) is 0.501. The Hall–Kier alpha value is -3.15. The number of benzene rings is 3. The lowest BCUT2D eigenvalue weighted by atomic mass is 9.91. The zero-order chi connectivity index (χ0) is 22.2. The molecule has 0 saturated carbocycles. The Morgan fingerprint density at radius 3 is 1.94 bits per heavy atom. The first-order chi connectivity index (χ1) is 16.3. The van der Waals surface area contributed by atoms with E-state index in [1.807, 2.05) is 22.8 Å². The van der Waals surface area contributed by atoms with Crippen molar-refractivity contribution in [3.05, 3.63) is 107 Å². The largest absolute Gasteiger partial charge is 0.326 e. The fourth-order valence-corrected chi connectivity index (χ4v) is 5.76. The number of para-hydroxylation sites is 2. The molecular formula is C28H30N4O. The van der Waals surface area contributed by atoms with Crippen molar-refractivity contribution < 1.29 is 0 Å². The lowest BCUT2D eigenvalue weighted by molar-refractivity contribution is -0.000808. The monoisotopic (exact) mass is 438 g/mol. The van der Waals surface area contributed by atoms with Gasteiger partial charge in [0, 0.05) is 38.3 Å². The van der Waals surface area contributed by atoms with Crippen molar-refractivity contribution in [3.63, 3.8) is 0 Å². The minimum Gasteiger partial charge on any atom is -0.306 e. The number of hydrogen-bond donors (Lipinski definition) is 1. The highest BCUT2D eigenvalue weighted by molar-refractivity contribution is 5.75. The molecule has 2 saturated heterocycles. The third kappa shape index (κ3) is 3.81. The summed E-state index contributed by atoms with van der Waals surface area (Å²) in [4.78, 5) is 20.9. The van der Waals surface area contributed by atoms with Gasteiger partial charge in [0.15, 0.2) is 0 Å². The molecule has 168 valence electrons. The van der Waals surface area contributed by atoms with Crippen LogP contribution in [0.15, 0.2) is 89.7 Å². The Morgan fingerprint density at radius 2 is 1.30 bits per heavy atom. The molecule has 1 N–H and O–H groups in total. The van der Waals surface area contributed by atoms with Gasteiger partial charge in [0.05, 0.1) is 17.1 Å². The van der Waals surface area contributed by atoms with Crippen molar-refractivity contribution in [1.82, 2.24) is 19.4 Å². The van der Waals surface area contributed by atoms with Gasteiger partial charge < -0.3 is 4.98 Å². The van der Waals surface area contributed by atoms with Gasteiger partial charge in [-0.1, -0.05) is 72.8 Å². The number of likely N-dealkylation sites (tertiary alicyclic amines) is 2. The maximum absolute atomic E-state index is 12.6. The van der Waals surface area contributed by atoms with Gasteiger partial charge in [0.25, 0.3) is 0 Å². The first-order valence-corrected chi connectivity index (χ1v) is 12.0. The van der Waals surface area contributed by atoms with Crippen LogP contribution in [0.5, 0.6) is 0 Å². The van der Waals surface area contributed by atoms with Gasteiger partial charge in [-0.05, 0) is 36.1 Å². The topological polar surface area (TPSA) is 44.3 Å². The summed E-state index contributed by atoms with van der Waals surface area (Å²) in [6, 6.07) is 30.9. The van der Waals surface area contributed by atoms with E-state index in [0.29, 0.717) is 12.1 Å². The fourth-order valence-electron chi connectivity index (χ4n) is 5.76. The van der Waals surface area contributed by atoms with Gasteiger partial charge in [-0.2, -0.15) is 0 Å². The number of hydrogen-bond acceptors (Lipinski definition) is 3. The number of rotatable bonds is 5. The van der Waals surface area contributed by atoms with Gasteiger partial charge in [0.2, 0.25) is 0 Å². The van der Waals surface area contributed by atoms with E-state index in [9.17, 15) is 4.79 Å². The molecule has 3 heterocycles. The third-order valence-corrected chi connectivity index (χ3v) is 7.49. The van der Waals surface area contributed by atoms with E-state index in [-0.39, 0.29) is 11.7 Å². The minimum absolute atomic E-state index is 0.0260. The van der Waals surface area contributed by atoms with Crippen LogP contribution in [0.3, 0.4) is 0 Å². The van der Waals surface area contributed by atoms with Gasteiger partial charge in [-0.3, -0.25) is 14.4 Å². The molecule has 3 aromatic carbocycles. The van der Waals surface area contributed by atoms with Gasteiger partial charge in [-0.25, -0.2) is 4.79 Å². The van der Waals surface area contributed by atoms with E-state index in [0.717, 1.165) is 50.1 Å². The molecule has 1 aromatic heterocycles. The van der Waals surface area contributed by atoms with Gasteiger partial charge in [0.1, 0.15) is 0 Å². The highest BCUT2D eigenvalue weighted by Gasteiger charge is 2.38. The van der Waals surface area contributed by atoms with Crippen LogP contribution >= 0.6 is 0 Å². The SMILES string of the molecule is O=c1[nH]c2ccccc2n1C1CCN(C2CN(C(c3ccccc3)c3ccccc3)C2)CC1. The first kappa shape index (κ1) is 20.5. The molecule has 0 radical (unpaired) electrons. The molecule has 0 unspecified atom stereocenters. The number of fused-ring (bicyclic) bond motifs is 1. The summed E-state index contributed by atoms with van der Waals surface area (Å²) in [5.41, 5.74) is 4.72. The van der Waals surface area contributed by atoms with E-state index in [4.69, 9.17) is 0 Å². The highest BCUT2D eigenvalue weighted by atomic mass is 16.1. The predicted octanol–water partition coefficient (Wildman–Crippen LogP) is 4.44. The maximum Gasteiger partial charge on any atom is 0.326 e. The number of nitrogens with zero attached hydrogens (tertiary/aromatic N) is 3. The van der Waals surface area contributed by atoms with Crippen molar-refractivity contribution in [3.8, 4) is 0 Å². The zero-order valence-corrected chi connectivity index (χ0v) is 18.8. The Morgan fingerprint density at radius 1 is 0.727 bits per heavy atom. The van der Waals surface area contributed by atoms with Crippen molar-refractivity contribution in [2.75, 3.05) is 26.2 Å². The maximum atomic E-state index is 12.6. The summed E-state index contributed by atoms with van der Waals surface area (Å²) in [6.07, 6.45) is 2.05. The Kier molecular flexibility index (Phi) is 5.36. The van der Waals surface area contributed by atoms with Crippen LogP contribution < -0.4 is 5.69 Å². The highest BCUT2D eigenvalue weighted by Crippen LogP contribution is 2.35. The van der Waals surface area contributed by atoms with Gasteiger partial charge >= 0.3 is 5.69 Å². The average molecular weight is 439 g/mol. The van der Waals surface area contributed by atoms with E-state index < -0.39 is 0 Å². The van der Waals surface area contributed by atoms with E-state index in [1.54, 1.807) is 0 Å². The Labute approximate surface area is 194 Å². The smallest absolute Gasteiger partial charge is 0.306 e. The molecular weight excluding hydrogens is 408 g/mol. The molecule has 6 rings (SSSR count). The molecule has 5 heteroatoms. The molecule has 2 aliphatic heterocycles. The van der Waals surface area contributed by atoms with Crippen LogP contribution in [0.25, 0.3) is 11.0 Å². The predicted molar refractivity (Wildman–Crippen MR) is 132 cm³/mol. The second-order valence-electron chi connectivity index (χ2n) is 9.42. The van der Waals surface area contributed by atoms with Crippen LogP contribution in [0.2, 0.25) is 0 Å². The number of nitrogens with one attached hydrogen (secondary N) is 1. The number of imidazole rings is 1. The average Bonchev–Trinajstić information content (AvgIpc) is 3.18. The molecule has 0 bridgehead atoms. The number of H-pyrrole nitrogens is 1. The van der Waals surface area contributed by atoms with Gasteiger partial charge in [-0.15, -0.1) is 0 Å². The molecule has 5 nitrogen and oxygen atoms in total. The van der Waals surface area contributed by atoms with Crippen LogP contribution in [0.4, 0.5) is 0 Å². The van der Waals surface area contributed by atoms with E-state index in [2.05, 4.69) is 81.5 Å². The van der Waals surface area contributed by atoms with Crippen molar-refractivity contribution in [2.45, 2.75) is 31.0 Å². The molecule has 0 amide bonds. The first-order valence-electron chi connectivity index (χ1n) is 12.0.